The van der Waals surface area contributed by atoms with Crippen LogP contribution in [-0.2, 0) is 6.42 Å². The van der Waals surface area contributed by atoms with E-state index in [-0.39, 0.29) is 0 Å². The van der Waals surface area contributed by atoms with Crippen LogP contribution < -0.4 is 10.6 Å². The lowest BCUT2D eigenvalue weighted by Crippen LogP contribution is -2.24. The Bertz CT molecular complexity index is 527. The quantitative estimate of drug-likeness (QED) is 0.412. The van der Waals surface area contributed by atoms with Gasteiger partial charge in [-0.05, 0) is 56.2 Å². The molecule has 0 unspecified atom stereocenters. The van der Waals surface area contributed by atoms with Crippen molar-refractivity contribution in [2.75, 3.05) is 10.6 Å². The van der Waals surface area contributed by atoms with Gasteiger partial charge < -0.3 is 10.6 Å². The Morgan fingerprint density at radius 2 is 1.37 bits per heavy atom. The Kier molecular flexibility index (Phi) is 8.84. The molecule has 0 saturated heterocycles. The maximum atomic E-state index is 3.94. The Balaban J connectivity index is 1.62. The first-order valence-corrected chi connectivity index (χ1v) is 12.0. The van der Waals surface area contributed by atoms with Gasteiger partial charge >= 0.3 is 0 Å². The van der Waals surface area contributed by atoms with E-state index < -0.39 is 0 Å². The summed E-state index contributed by atoms with van der Waals surface area (Å²) in [6.45, 7) is 2.30. The van der Waals surface area contributed by atoms with E-state index in [0.717, 1.165) is 0 Å². The van der Waals surface area contributed by atoms with Crippen LogP contribution >= 0.6 is 0 Å². The molecule has 0 heterocycles. The summed E-state index contributed by atoms with van der Waals surface area (Å²) < 4.78 is 0. The van der Waals surface area contributed by atoms with Gasteiger partial charge in [0.2, 0.25) is 0 Å². The molecule has 0 amide bonds. The van der Waals surface area contributed by atoms with Gasteiger partial charge in [0.25, 0.3) is 0 Å². The normalized spacial score (nSPS) is 19.1. The van der Waals surface area contributed by atoms with Crippen molar-refractivity contribution in [2.24, 2.45) is 0 Å². The summed E-state index contributed by atoms with van der Waals surface area (Å²) >= 11 is 0. The van der Waals surface area contributed by atoms with Gasteiger partial charge in [-0.25, -0.2) is 0 Å². The number of hydrogen-bond acceptors (Lipinski definition) is 2. The van der Waals surface area contributed by atoms with E-state index in [1.807, 2.05) is 0 Å². The summed E-state index contributed by atoms with van der Waals surface area (Å²) in [5.74, 6) is 0. The number of nitrogens with one attached hydrogen (secondary N) is 2. The van der Waals surface area contributed by atoms with Gasteiger partial charge in [0.05, 0.1) is 0 Å². The first kappa shape index (κ1) is 20.6. The molecule has 0 atom stereocenters. The maximum Gasteiger partial charge on any atom is 0.0395 e. The first-order valence-electron chi connectivity index (χ1n) is 12.0. The molecule has 3 rings (SSSR count). The number of anilines is 2. The second-order valence-corrected chi connectivity index (χ2v) is 8.99. The SMILES string of the molecule is CCCCCCCc1ccc(NC2CCCCC2)cc1NC1CCCCC1. The Morgan fingerprint density at radius 1 is 0.741 bits per heavy atom. The summed E-state index contributed by atoms with van der Waals surface area (Å²) in [4.78, 5) is 0. The predicted molar refractivity (Wildman–Crippen MR) is 120 cm³/mol. The van der Waals surface area contributed by atoms with Crippen LogP contribution in [0.15, 0.2) is 18.2 Å². The smallest absolute Gasteiger partial charge is 0.0395 e. The molecule has 0 bridgehead atoms. The molecule has 2 saturated carbocycles. The molecule has 0 aliphatic heterocycles. The van der Waals surface area contributed by atoms with Gasteiger partial charge in [0, 0.05) is 23.5 Å². The zero-order chi connectivity index (χ0) is 18.7. The zero-order valence-corrected chi connectivity index (χ0v) is 17.7. The molecule has 2 heteroatoms. The lowest BCUT2D eigenvalue weighted by molar-refractivity contribution is 0.461. The Labute approximate surface area is 167 Å². The van der Waals surface area contributed by atoms with Crippen LogP contribution in [0.1, 0.15) is 109 Å². The topological polar surface area (TPSA) is 24.1 Å². The molecule has 1 aromatic rings. The molecule has 0 spiro atoms. The number of benzene rings is 1. The molecule has 152 valence electrons. The summed E-state index contributed by atoms with van der Waals surface area (Å²) in [7, 11) is 0. The van der Waals surface area contributed by atoms with Gasteiger partial charge in [-0.15, -0.1) is 0 Å². The van der Waals surface area contributed by atoms with Crippen molar-refractivity contribution in [2.45, 2.75) is 122 Å². The second-order valence-electron chi connectivity index (χ2n) is 8.99. The standard InChI is InChI=1S/C25H42N2/c1-2-3-4-5-8-13-21-18-19-24(26-22-14-9-6-10-15-22)20-25(21)27-23-16-11-7-12-17-23/h18-20,22-23,26-27H,2-17H2,1H3. The van der Waals surface area contributed by atoms with Crippen LogP contribution in [0.4, 0.5) is 11.4 Å². The van der Waals surface area contributed by atoms with Crippen LogP contribution in [0.2, 0.25) is 0 Å². The van der Waals surface area contributed by atoms with Crippen LogP contribution in [-0.4, -0.2) is 12.1 Å². The molecular formula is C25H42N2. The van der Waals surface area contributed by atoms with Gasteiger partial charge in [-0.1, -0.05) is 77.2 Å². The first-order chi connectivity index (χ1) is 13.3. The third-order valence-corrected chi connectivity index (χ3v) is 6.60. The van der Waals surface area contributed by atoms with Gasteiger partial charge in [-0.3, -0.25) is 0 Å². The Morgan fingerprint density at radius 3 is 2.04 bits per heavy atom. The average molecular weight is 371 g/mol. The monoisotopic (exact) mass is 370 g/mol. The van der Waals surface area contributed by atoms with Crippen molar-refractivity contribution >= 4 is 11.4 Å². The minimum absolute atomic E-state index is 0.682. The largest absolute Gasteiger partial charge is 0.382 e. The highest BCUT2D eigenvalue weighted by Gasteiger charge is 2.16. The lowest BCUT2D eigenvalue weighted by Gasteiger charge is -2.27. The van der Waals surface area contributed by atoms with E-state index in [2.05, 4.69) is 35.8 Å². The van der Waals surface area contributed by atoms with Crippen molar-refractivity contribution in [1.82, 2.24) is 0 Å². The van der Waals surface area contributed by atoms with Crippen molar-refractivity contribution in [1.29, 1.82) is 0 Å². The highest BCUT2D eigenvalue weighted by Crippen LogP contribution is 2.29. The average Bonchev–Trinajstić information content (AvgIpc) is 2.71. The fraction of sp³-hybridized carbons (Fsp3) is 0.760. The van der Waals surface area contributed by atoms with Crippen molar-refractivity contribution < 1.29 is 0 Å². The van der Waals surface area contributed by atoms with E-state index in [9.17, 15) is 0 Å². The summed E-state index contributed by atoms with van der Waals surface area (Å²) in [5, 5.41) is 7.77. The van der Waals surface area contributed by atoms with E-state index in [0.29, 0.717) is 12.1 Å². The molecule has 2 fully saturated rings. The highest BCUT2D eigenvalue weighted by atomic mass is 14.9. The summed E-state index contributed by atoms with van der Waals surface area (Å²) in [6.07, 6.45) is 21.8. The summed E-state index contributed by atoms with van der Waals surface area (Å²) in [5.41, 5.74) is 4.28. The number of unbranched alkanes of at least 4 members (excludes halogenated alkanes) is 4. The van der Waals surface area contributed by atoms with Crippen LogP contribution in [0.5, 0.6) is 0 Å². The van der Waals surface area contributed by atoms with Crippen molar-refractivity contribution in [3.8, 4) is 0 Å². The van der Waals surface area contributed by atoms with Crippen molar-refractivity contribution in [3.63, 3.8) is 0 Å². The third kappa shape index (κ3) is 7.05. The Hall–Kier alpha value is -1.18. The predicted octanol–water partition coefficient (Wildman–Crippen LogP) is 7.69. The van der Waals surface area contributed by atoms with Gasteiger partial charge in [0.1, 0.15) is 0 Å². The van der Waals surface area contributed by atoms with Crippen LogP contribution in [0.25, 0.3) is 0 Å². The molecule has 2 N–H and O–H groups in total. The van der Waals surface area contributed by atoms with Gasteiger partial charge in [-0.2, -0.15) is 0 Å². The molecule has 1 aromatic carbocycles. The summed E-state index contributed by atoms with van der Waals surface area (Å²) in [6, 6.07) is 8.52. The fourth-order valence-electron chi connectivity index (χ4n) is 4.89. The van der Waals surface area contributed by atoms with E-state index in [4.69, 9.17) is 0 Å². The molecular weight excluding hydrogens is 328 g/mol. The molecule has 2 nitrogen and oxygen atoms in total. The van der Waals surface area contributed by atoms with E-state index >= 15 is 0 Å². The second kappa shape index (κ2) is 11.6. The molecule has 27 heavy (non-hydrogen) atoms. The minimum atomic E-state index is 0.682. The van der Waals surface area contributed by atoms with E-state index in [1.54, 1.807) is 0 Å². The number of aryl methyl sites for hydroxylation is 1. The third-order valence-electron chi connectivity index (χ3n) is 6.60. The zero-order valence-electron chi connectivity index (χ0n) is 17.7. The maximum absolute atomic E-state index is 3.94. The number of rotatable bonds is 10. The molecule has 0 radical (unpaired) electrons. The van der Waals surface area contributed by atoms with Crippen molar-refractivity contribution in [3.05, 3.63) is 23.8 Å². The minimum Gasteiger partial charge on any atom is -0.382 e. The molecule has 2 aliphatic carbocycles. The number of hydrogen-bond donors (Lipinski definition) is 2. The fourth-order valence-corrected chi connectivity index (χ4v) is 4.89. The molecule has 2 aliphatic rings. The lowest BCUT2D eigenvalue weighted by atomic mass is 9.94. The molecule has 0 aromatic heterocycles. The van der Waals surface area contributed by atoms with E-state index in [1.165, 1.54) is 120 Å². The van der Waals surface area contributed by atoms with Crippen LogP contribution in [0, 0.1) is 0 Å². The van der Waals surface area contributed by atoms with Gasteiger partial charge in [0.15, 0.2) is 0 Å². The van der Waals surface area contributed by atoms with Crippen LogP contribution in [0.3, 0.4) is 0 Å². The highest BCUT2D eigenvalue weighted by molar-refractivity contribution is 5.62.